The molecule has 0 bridgehead atoms. The van der Waals surface area contributed by atoms with Crippen LogP contribution >= 0.6 is 0 Å². The second-order valence-corrected chi connectivity index (χ2v) is 7.50. The van der Waals surface area contributed by atoms with Crippen molar-refractivity contribution in [3.05, 3.63) is 83.3 Å². The minimum atomic E-state index is -0.891. The summed E-state index contributed by atoms with van der Waals surface area (Å²) in [5.41, 5.74) is 2.13. The Kier molecular flexibility index (Phi) is 6.44. The van der Waals surface area contributed by atoms with E-state index in [0.29, 0.717) is 11.5 Å². The van der Waals surface area contributed by atoms with Crippen LogP contribution in [-0.4, -0.2) is 49.4 Å². The third kappa shape index (κ3) is 4.59. The van der Waals surface area contributed by atoms with E-state index in [1.54, 1.807) is 24.3 Å². The number of fused-ring (bicyclic) bond motifs is 1. The third-order valence-corrected chi connectivity index (χ3v) is 5.57. The average Bonchev–Trinajstić information content (AvgIpc) is 3.40. The Bertz CT molecular complexity index is 1170. The van der Waals surface area contributed by atoms with Gasteiger partial charge in [-0.15, -0.1) is 0 Å². The van der Waals surface area contributed by atoms with Crippen molar-refractivity contribution in [3.63, 3.8) is 0 Å². The van der Waals surface area contributed by atoms with Crippen molar-refractivity contribution in [3.8, 4) is 11.5 Å². The maximum absolute atomic E-state index is 13.1. The number of esters is 1. The second kappa shape index (κ2) is 9.60. The molecule has 4 rings (SSSR count). The van der Waals surface area contributed by atoms with E-state index >= 15 is 0 Å². The van der Waals surface area contributed by atoms with E-state index in [1.165, 1.54) is 31.4 Å². The second-order valence-electron chi connectivity index (χ2n) is 7.50. The lowest BCUT2D eigenvalue weighted by Crippen LogP contribution is -2.49. The number of benzene rings is 2. The van der Waals surface area contributed by atoms with Crippen LogP contribution in [0, 0.1) is 0 Å². The van der Waals surface area contributed by atoms with Gasteiger partial charge in [-0.2, -0.15) is 0 Å². The number of methoxy groups -OCH3 is 2. The summed E-state index contributed by atoms with van der Waals surface area (Å²) in [6.45, 7) is -0.267. The molecule has 0 aliphatic carbocycles. The summed E-state index contributed by atoms with van der Waals surface area (Å²) < 4.78 is 21.0. The van der Waals surface area contributed by atoms with Gasteiger partial charge >= 0.3 is 5.97 Å². The molecule has 33 heavy (non-hydrogen) atoms. The standard InChI is InChI=1S/C25H23NO7/c1-30-18-9-10-22(31-2)19(13-18)21(27)15-33-25(29)20-12-16-6-3-4-7-17(16)14-26(20)24(28)23-8-5-11-32-23/h3-11,13,20H,12,14-15H2,1-2H3/t20-/m1/s1. The molecule has 2 aromatic carbocycles. The molecule has 1 aromatic heterocycles. The number of ether oxygens (including phenoxy) is 3. The molecule has 1 aliphatic heterocycles. The van der Waals surface area contributed by atoms with E-state index in [1.807, 2.05) is 24.3 Å². The Balaban J connectivity index is 1.53. The first kappa shape index (κ1) is 22.1. The number of ketones is 1. The predicted octanol–water partition coefficient (Wildman–Crippen LogP) is 3.29. The Morgan fingerprint density at radius 2 is 1.79 bits per heavy atom. The molecule has 2 heterocycles. The summed E-state index contributed by atoms with van der Waals surface area (Å²) in [6.07, 6.45) is 1.68. The van der Waals surface area contributed by atoms with E-state index in [4.69, 9.17) is 18.6 Å². The van der Waals surface area contributed by atoms with E-state index in [-0.39, 0.29) is 24.3 Å². The predicted molar refractivity (Wildman–Crippen MR) is 117 cm³/mol. The average molecular weight is 449 g/mol. The van der Waals surface area contributed by atoms with E-state index in [9.17, 15) is 14.4 Å². The van der Waals surface area contributed by atoms with Gasteiger partial charge in [0.15, 0.2) is 12.4 Å². The van der Waals surface area contributed by atoms with Crippen LogP contribution in [0.2, 0.25) is 0 Å². The number of amides is 1. The van der Waals surface area contributed by atoms with Gasteiger partial charge in [-0.05, 0) is 41.5 Å². The van der Waals surface area contributed by atoms with Crippen molar-refractivity contribution in [2.24, 2.45) is 0 Å². The number of rotatable bonds is 7. The van der Waals surface area contributed by atoms with E-state index < -0.39 is 30.3 Å². The third-order valence-electron chi connectivity index (χ3n) is 5.57. The molecule has 0 saturated heterocycles. The first-order valence-corrected chi connectivity index (χ1v) is 10.3. The molecule has 0 radical (unpaired) electrons. The van der Waals surface area contributed by atoms with Gasteiger partial charge < -0.3 is 23.5 Å². The Labute approximate surface area is 190 Å². The first-order valence-electron chi connectivity index (χ1n) is 10.3. The molecule has 0 spiro atoms. The highest BCUT2D eigenvalue weighted by Gasteiger charge is 2.37. The van der Waals surface area contributed by atoms with Crippen molar-refractivity contribution < 1.29 is 33.0 Å². The molecule has 0 N–H and O–H groups in total. The van der Waals surface area contributed by atoms with Gasteiger partial charge in [0.25, 0.3) is 5.91 Å². The Morgan fingerprint density at radius 3 is 2.48 bits per heavy atom. The normalized spacial score (nSPS) is 14.8. The van der Waals surface area contributed by atoms with Crippen LogP contribution in [0.15, 0.2) is 65.3 Å². The number of hydrogen-bond acceptors (Lipinski definition) is 7. The zero-order valence-electron chi connectivity index (χ0n) is 18.3. The summed E-state index contributed by atoms with van der Waals surface area (Å²) in [4.78, 5) is 40.3. The van der Waals surface area contributed by atoms with Gasteiger partial charge in [0, 0.05) is 13.0 Å². The van der Waals surface area contributed by atoms with Crippen LogP contribution in [0.3, 0.4) is 0 Å². The number of hydrogen-bond donors (Lipinski definition) is 0. The summed E-state index contributed by atoms with van der Waals surface area (Å²) in [6, 6.07) is 14.7. The molecule has 0 saturated carbocycles. The molecule has 1 atom stereocenters. The molecule has 8 heteroatoms. The zero-order chi connectivity index (χ0) is 23.4. The van der Waals surface area contributed by atoms with Gasteiger partial charge in [-0.3, -0.25) is 9.59 Å². The number of furan rings is 1. The van der Waals surface area contributed by atoms with Crippen LogP contribution in [0.5, 0.6) is 11.5 Å². The molecular weight excluding hydrogens is 426 g/mol. The van der Waals surface area contributed by atoms with Gasteiger partial charge in [0.2, 0.25) is 5.78 Å². The summed E-state index contributed by atoms with van der Waals surface area (Å²) >= 11 is 0. The van der Waals surface area contributed by atoms with Crippen LogP contribution in [0.25, 0.3) is 0 Å². The molecule has 170 valence electrons. The molecule has 1 amide bonds. The smallest absolute Gasteiger partial charge is 0.329 e. The van der Waals surface area contributed by atoms with Crippen LogP contribution in [0.1, 0.15) is 32.0 Å². The van der Waals surface area contributed by atoms with Crippen molar-refractivity contribution in [2.45, 2.75) is 19.0 Å². The van der Waals surface area contributed by atoms with Crippen LogP contribution in [0.4, 0.5) is 0 Å². The first-order chi connectivity index (χ1) is 16.0. The SMILES string of the molecule is COc1ccc(OC)c(C(=O)COC(=O)[C@H]2Cc3ccccc3CN2C(=O)c2ccco2)c1. The fourth-order valence-electron chi connectivity index (χ4n) is 3.83. The van der Waals surface area contributed by atoms with Gasteiger partial charge in [-0.1, -0.05) is 24.3 Å². The molecule has 1 aliphatic rings. The number of nitrogens with zero attached hydrogens (tertiary/aromatic N) is 1. The van der Waals surface area contributed by atoms with E-state index in [0.717, 1.165) is 11.1 Å². The highest BCUT2D eigenvalue weighted by Crippen LogP contribution is 2.27. The number of carbonyl (C=O) groups excluding carboxylic acids is 3. The highest BCUT2D eigenvalue weighted by molar-refractivity contribution is 6.01. The molecule has 0 unspecified atom stereocenters. The summed E-state index contributed by atoms with van der Waals surface area (Å²) in [7, 11) is 2.93. The van der Waals surface area contributed by atoms with Gasteiger partial charge in [0.1, 0.15) is 17.5 Å². The number of carbonyl (C=O) groups is 3. The van der Waals surface area contributed by atoms with Crippen molar-refractivity contribution >= 4 is 17.7 Å². The minimum Gasteiger partial charge on any atom is -0.497 e. The lowest BCUT2D eigenvalue weighted by molar-refractivity contribution is -0.148. The van der Waals surface area contributed by atoms with Crippen LogP contribution < -0.4 is 9.47 Å². The maximum atomic E-state index is 13.1. The lowest BCUT2D eigenvalue weighted by atomic mass is 9.93. The Morgan fingerprint density at radius 1 is 1.00 bits per heavy atom. The quantitative estimate of drug-likeness (QED) is 0.403. The molecule has 3 aromatic rings. The van der Waals surface area contributed by atoms with Crippen molar-refractivity contribution in [1.29, 1.82) is 0 Å². The molecule has 0 fully saturated rings. The lowest BCUT2D eigenvalue weighted by Gasteiger charge is -2.34. The number of Topliss-reactive ketones (excluding diaryl/α,β-unsaturated/α-hetero) is 1. The molecular formula is C25H23NO7. The van der Waals surface area contributed by atoms with Crippen molar-refractivity contribution in [2.75, 3.05) is 20.8 Å². The monoisotopic (exact) mass is 449 g/mol. The summed E-state index contributed by atoms with van der Waals surface area (Å²) in [5, 5.41) is 0. The maximum Gasteiger partial charge on any atom is 0.329 e. The largest absolute Gasteiger partial charge is 0.497 e. The van der Waals surface area contributed by atoms with Crippen LogP contribution in [-0.2, 0) is 22.5 Å². The fraction of sp³-hybridized carbons (Fsp3) is 0.240. The topological polar surface area (TPSA) is 95.3 Å². The molecule has 8 nitrogen and oxygen atoms in total. The fourth-order valence-corrected chi connectivity index (χ4v) is 3.83. The minimum absolute atomic E-state index is 0.129. The zero-order valence-corrected chi connectivity index (χ0v) is 18.3. The Hall–Kier alpha value is -4.07. The van der Waals surface area contributed by atoms with Gasteiger partial charge in [-0.25, -0.2) is 4.79 Å². The summed E-state index contributed by atoms with van der Waals surface area (Å²) in [5.74, 6) is -0.580. The van der Waals surface area contributed by atoms with Crippen molar-refractivity contribution in [1.82, 2.24) is 4.90 Å². The highest BCUT2D eigenvalue weighted by atomic mass is 16.5. The van der Waals surface area contributed by atoms with Gasteiger partial charge in [0.05, 0.1) is 26.0 Å². The van der Waals surface area contributed by atoms with E-state index in [2.05, 4.69) is 0 Å².